The molecule has 1 fully saturated rings. The van der Waals surface area contributed by atoms with Crippen LogP contribution in [-0.4, -0.2) is 37.6 Å². The number of hydrogen-bond donors (Lipinski definition) is 1. The molecule has 3 heteroatoms. The maximum absolute atomic E-state index is 8.33. The maximum Gasteiger partial charge on any atom is 0.0988 e. The quantitative estimate of drug-likeness (QED) is 0.502. The zero-order valence-electron chi connectivity index (χ0n) is 7.40. The second-order valence-corrected chi connectivity index (χ2v) is 2.30. The molecule has 0 radical (unpaired) electrons. The van der Waals surface area contributed by atoms with Crippen LogP contribution >= 0.6 is 0 Å². The van der Waals surface area contributed by atoms with Crippen molar-refractivity contribution in [3.8, 4) is 0 Å². The number of ether oxygens (including phenoxy) is 2. The third kappa shape index (κ3) is 6.09. The van der Waals surface area contributed by atoms with Crippen molar-refractivity contribution in [3.63, 3.8) is 0 Å². The molecule has 0 aliphatic carbocycles. The van der Waals surface area contributed by atoms with Gasteiger partial charge in [-0.2, -0.15) is 0 Å². The van der Waals surface area contributed by atoms with Crippen molar-refractivity contribution in [2.45, 2.75) is 12.2 Å². The summed E-state index contributed by atoms with van der Waals surface area (Å²) in [6.45, 7) is 7.82. The molecular weight excluding hydrogens is 156 g/mol. The summed E-state index contributed by atoms with van der Waals surface area (Å²) in [5, 5.41) is 8.33. The minimum absolute atomic E-state index is 0.0139. The average molecular weight is 172 g/mol. The Morgan fingerprint density at radius 1 is 1.75 bits per heavy atom. The van der Waals surface area contributed by atoms with E-state index in [2.05, 4.69) is 17.9 Å². The van der Waals surface area contributed by atoms with Crippen LogP contribution in [-0.2, 0) is 9.47 Å². The Morgan fingerprint density at radius 2 is 2.33 bits per heavy atom. The summed E-state index contributed by atoms with van der Waals surface area (Å²) in [7, 11) is 1.53. The van der Waals surface area contributed by atoms with Gasteiger partial charge in [-0.25, -0.2) is 0 Å². The highest BCUT2D eigenvalue weighted by molar-refractivity contribution is 4.87. The number of epoxide rings is 1. The van der Waals surface area contributed by atoms with E-state index in [1.165, 1.54) is 7.11 Å². The Kier molecular flexibility index (Phi) is 6.66. The van der Waals surface area contributed by atoms with Crippen LogP contribution in [0.2, 0.25) is 0 Å². The third-order valence-corrected chi connectivity index (χ3v) is 1.37. The monoisotopic (exact) mass is 172 g/mol. The summed E-state index contributed by atoms with van der Waals surface area (Å²) in [5.41, 5.74) is 0. The summed E-state index contributed by atoms with van der Waals surface area (Å²) in [6.07, 6.45) is 3.56. The topological polar surface area (TPSA) is 42.0 Å². The standard InChI is InChI=1S/C5H10O2.C4H6O/c1-3-5(4-6)7-2;1-2-4-3-5-4/h3,5-6H,1,4H2,2H3;2,4H,1,3H2. The maximum atomic E-state index is 8.33. The summed E-state index contributed by atoms with van der Waals surface area (Å²) in [6, 6.07) is 0. The second kappa shape index (κ2) is 7.03. The van der Waals surface area contributed by atoms with Crippen LogP contribution in [0.15, 0.2) is 25.3 Å². The first kappa shape index (κ1) is 11.4. The largest absolute Gasteiger partial charge is 0.393 e. The van der Waals surface area contributed by atoms with Crippen molar-refractivity contribution in [2.24, 2.45) is 0 Å². The van der Waals surface area contributed by atoms with Crippen LogP contribution in [0, 0.1) is 0 Å². The van der Waals surface area contributed by atoms with Crippen molar-refractivity contribution in [1.82, 2.24) is 0 Å². The fourth-order valence-corrected chi connectivity index (χ4v) is 0.437. The first-order valence-corrected chi connectivity index (χ1v) is 3.78. The molecule has 0 aromatic carbocycles. The first-order chi connectivity index (χ1) is 5.78. The van der Waals surface area contributed by atoms with E-state index >= 15 is 0 Å². The van der Waals surface area contributed by atoms with Crippen LogP contribution in [0.5, 0.6) is 0 Å². The lowest BCUT2D eigenvalue weighted by atomic mass is 10.4. The Hall–Kier alpha value is -0.640. The fraction of sp³-hybridized carbons (Fsp3) is 0.556. The minimum atomic E-state index is -0.194. The molecule has 1 heterocycles. The number of rotatable bonds is 4. The summed E-state index contributed by atoms with van der Waals surface area (Å²) >= 11 is 0. The molecule has 1 aliphatic heterocycles. The van der Waals surface area contributed by atoms with E-state index in [0.29, 0.717) is 6.10 Å². The van der Waals surface area contributed by atoms with Crippen molar-refractivity contribution >= 4 is 0 Å². The molecule has 0 aromatic heterocycles. The van der Waals surface area contributed by atoms with E-state index in [-0.39, 0.29) is 12.7 Å². The van der Waals surface area contributed by atoms with Crippen LogP contribution in [0.3, 0.4) is 0 Å². The predicted octanol–water partition coefficient (Wildman–Crippen LogP) is 0.751. The van der Waals surface area contributed by atoms with Crippen molar-refractivity contribution in [2.75, 3.05) is 20.3 Å². The van der Waals surface area contributed by atoms with Gasteiger partial charge in [0.25, 0.3) is 0 Å². The average Bonchev–Trinajstić information content (AvgIpc) is 2.91. The molecule has 0 bridgehead atoms. The Bertz CT molecular complexity index is 126. The van der Waals surface area contributed by atoms with Crippen LogP contribution in [0.1, 0.15) is 0 Å². The van der Waals surface area contributed by atoms with E-state index in [1.807, 2.05) is 0 Å². The zero-order valence-corrected chi connectivity index (χ0v) is 7.40. The minimum Gasteiger partial charge on any atom is -0.393 e. The van der Waals surface area contributed by atoms with E-state index in [0.717, 1.165) is 6.61 Å². The molecule has 2 unspecified atom stereocenters. The van der Waals surface area contributed by atoms with Gasteiger partial charge in [0.2, 0.25) is 0 Å². The number of hydrogen-bond acceptors (Lipinski definition) is 3. The van der Waals surface area contributed by atoms with Crippen molar-refractivity contribution in [1.29, 1.82) is 0 Å². The molecule has 1 N–H and O–H groups in total. The van der Waals surface area contributed by atoms with Gasteiger partial charge in [0.15, 0.2) is 0 Å². The third-order valence-electron chi connectivity index (χ3n) is 1.37. The highest BCUT2D eigenvalue weighted by Crippen LogP contribution is 2.07. The highest BCUT2D eigenvalue weighted by Gasteiger charge is 2.16. The van der Waals surface area contributed by atoms with Crippen LogP contribution in [0.25, 0.3) is 0 Å². The Morgan fingerprint density at radius 3 is 2.33 bits per heavy atom. The van der Waals surface area contributed by atoms with Gasteiger partial charge in [0.1, 0.15) is 0 Å². The predicted molar refractivity (Wildman–Crippen MR) is 48.0 cm³/mol. The fourth-order valence-electron chi connectivity index (χ4n) is 0.437. The molecular formula is C9H16O3. The lowest BCUT2D eigenvalue weighted by Gasteiger charge is -2.02. The molecule has 1 aliphatic rings. The normalized spacial score (nSPS) is 21.7. The molecule has 0 saturated carbocycles. The SMILES string of the molecule is C=CC(CO)OC.C=CC1CO1. The summed E-state index contributed by atoms with van der Waals surface area (Å²) in [4.78, 5) is 0. The molecule has 0 aromatic rings. The van der Waals surface area contributed by atoms with Crippen molar-refractivity contribution in [3.05, 3.63) is 25.3 Å². The van der Waals surface area contributed by atoms with Gasteiger partial charge in [-0.15, -0.1) is 13.2 Å². The number of aliphatic hydroxyl groups is 1. The Balaban J connectivity index is 0.000000211. The molecule has 1 saturated heterocycles. The van der Waals surface area contributed by atoms with Gasteiger partial charge in [-0.3, -0.25) is 0 Å². The van der Waals surface area contributed by atoms with Gasteiger partial charge in [-0.1, -0.05) is 12.2 Å². The van der Waals surface area contributed by atoms with Gasteiger partial charge in [0, 0.05) is 7.11 Å². The molecule has 3 nitrogen and oxygen atoms in total. The molecule has 0 spiro atoms. The molecule has 1 rings (SSSR count). The smallest absolute Gasteiger partial charge is 0.0988 e. The Labute approximate surface area is 73.3 Å². The second-order valence-electron chi connectivity index (χ2n) is 2.30. The summed E-state index contributed by atoms with van der Waals surface area (Å²) < 4.78 is 9.42. The number of aliphatic hydroxyl groups excluding tert-OH is 1. The van der Waals surface area contributed by atoms with Gasteiger partial charge in [-0.05, 0) is 0 Å². The van der Waals surface area contributed by atoms with E-state index in [4.69, 9.17) is 9.84 Å². The summed E-state index contributed by atoms with van der Waals surface area (Å²) in [5.74, 6) is 0. The molecule has 12 heavy (non-hydrogen) atoms. The van der Waals surface area contributed by atoms with E-state index in [1.54, 1.807) is 12.2 Å². The van der Waals surface area contributed by atoms with Gasteiger partial charge >= 0.3 is 0 Å². The first-order valence-electron chi connectivity index (χ1n) is 3.78. The van der Waals surface area contributed by atoms with Gasteiger partial charge < -0.3 is 14.6 Å². The van der Waals surface area contributed by atoms with E-state index in [9.17, 15) is 0 Å². The molecule has 2 atom stereocenters. The van der Waals surface area contributed by atoms with Crippen molar-refractivity contribution < 1.29 is 14.6 Å². The molecule has 0 amide bonds. The van der Waals surface area contributed by atoms with Crippen LogP contribution < -0.4 is 0 Å². The lowest BCUT2D eigenvalue weighted by Crippen LogP contribution is -2.10. The molecule has 70 valence electrons. The number of methoxy groups -OCH3 is 1. The van der Waals surface area contributed by atoms with Crippen LogP contribution in [0.4, 0.5) is 0 Å². The highest BCUT2D eigenvalue weighted by atomic mass is 16.6. The van der Waals surface area contributed by atoms with E-state index < -0.39 is 0 Å². The van der Waals surface area contributed by atoms with Gasteiger partial charge in [0.05, 0.1) is 25.4 Å². The zero-order chi connectivity index (χ0) is 9.40. The lowest BCUT2D eigenvalue weighted by molar-refractivity contribution is 0.0822.